The van der Waals surface area contributed by atoms with E-state index in [1.807, 2.05) is 0 Å². The maximum Gasteiger partial charge on any atom is 0.329 e. The molecule has 0 bridgehead atoms. The molecule has 6 nitrogen and oxygen atoms in total. The average molecular weight is 357 g/mol. The highest BCUT2D eigenvalue weighted by atomic mass is 19.1. The van der Waals surface area contributed by atoms with Gasteiger partial charge in [-0.2, -0.15) is 5.10 Å². The number of carbonyl (C=O) groups is 2. The molecule has 2 N–H and O–H groups in total. The number of hydrogen-bond donors (Lipinski definition) is 2. The van der Waals surface area contributed by atoms with Gasteiger partial charge in [-0.1, -0.05) is 12.1 Å². The molecule has 26 heavy (non-hydrogen) atoms. The molecule has 0 saturated carbocycles. The van der Waals surface area contributed by atoms with Crippen molar-refractivity contribution >= 4 is 18.0 Å². The first-order valence-corrected chi connectivity index (χ1v) is 8.05. The van der Waals surface area contributed by atoms with Crippen LogP contribution >= 0.6 is 0 Å². The van der Waals surface area contributed by atoms with Crippen molar-refractivity contribution in [1.29, 1.82) is 0 Å². The first-order valence-electron chi connectivity index (χ1n) is 8.05. The lowest BCUT2D eigenvalue weighted by atomic mass is 10.2. The molecule has 0 aromatic heterocycles. The van der Waals surface area contributed by atoms with E-state index >= 15 is 0 Å². The summed E-state index contributed by atoms with van der Waals surface area (Å²) in [4.78, 5) is 22.9. The van der Waals surface area contributed by atoms with Crippen LogP contribution in [-0.2, 0) is 16.2 Å². The predicted octanol–water partition coefficient (Wildman–Crippen LogP) is 2.38. The van der Waals surface area contributed by atoms with Crippen molar-refractivity contribution < 1.29 is 18.7 Å². The van der Waals surface area contributed by atoms with E-state index in [4.69, 9.17) is 4.74 Å². The Morgan fingerprint density at radius 2 is 1.73 bits per heavy atom. The molecular weight excluding hydrogens is 337 g/mol. The topological polar surface area (TPSA) is 79.8 Å². The van der Waals surface area contributed by atoms with Crippen LogP contribution in [0.25, 0.3) is 0 Å². The number of benzene rings is 2. The van der Waals surface area contributed by atoms with Crippen molar-refractivity contribution in [1.82, 2.24) is 10.7 Å². The largest absolute Gasteiger partial charge is 0.489 e. The zero-order chi connectivity index (χ0) is 18.9. The first kappa shape index (κ1) is 19.1. The third-order valence-electron chi connectivity index (χ3n) is 3.20. The fourth-order valence-electron chi connectivity index (χ4n) is 1.94. The van der Waals surface area contributed by atoms with Crippen LogP contribution in [0, 0.1) is 5.82 Å². The Labute approximate surface area is 151 Å². The van der Waals surface area contributed by atoms with E-state index in [1.165, 1.54) is 18.3 Å². The molecule has 2 rings (SSSR count). The van der Waals surface area contributed by atoms with Gasteiger partial charge < -0.3 is 10.1 Å². The van der Waals surface area contributed by atoms with Crippen LogP contribution in [0.1, 0.15) is 25.0 Å². The summed E-state index contributed by atoms with van der Waals surface area (Å²) in [5.41, 5.74) is 3.74. The number of hydrogen-bond acceptors (Lipinski definition) is 4. The van der Waals surface area contributed by atoms with E-state index in [9.17, 15) is 14.0 Å². The molecule has 136 valence electrons. The monoisotopic (exact) mass is 357 g/mol. The Morgan fingerprint density at radius 3 is 2.35 bits per heavy atom. The quantitative estimate of drug-likeness (QED) is 0.473. The summed E-state index contributed by atoms with van der Waals surface area (Å²) < 4.78 is 18.5. The van der Waals surface area contributed by atoms with Gasteiger partial charge in [0.2, 0.25) is 0 Å². The van der Waals surface area contributed by atoms with Crippen molar-refractivity contribution in [3.63, 3.8) is 0 Å². The molecule has 0 aliphatic carbocycles. The summed E-state index contributed by atoms with van der Waals surface area (Å²) in [7, 11) is 0. The summed E-state index contributed by atoms with van der Waals surface area (Å²) in [5.74, 6) is -1.20. The van der Waals surface area contributed by atoms with Crippen molar-refractivity contribution in [2.75, 3.05) is 0 Å². The van der Waals surface area contributed by atoms with Gasteiger partial charge in [-0.3, -0.25) is 9.59 Å². The molecule has 2 amide bonds. The third-order valence-corrected chi connectivity index (χ3v) is 3.20. The SMILES string of the molecule is CC(C)NC(=O)C(=O)N/N=C\c1ccc(OCc2ccc(F)cc2)cc1. The first-order chi connectivity index (χ1) is 12.4. The molecule has 0 radical (unpaired) electrons. The van der Waals surface area contributed by atoms with E-state index in [1.54, 1.807) is 50.2 Å². The van der Waals surface area contributed by atoms with Crippen LogP contribution in [0.5, 0.6) is 5.75 Å². The molecule has 0 saturated heterocycles. The minimum absolute atomic E-state index is 0.125. The number of rotatable bonds is 6. The summed E-state index contributed by atoms with van der Waals surface area (Å²) >= 11 is 0. The second-order valence-corrected chi connectivity index (χ2v) is 5.81. The molecule has 7 heteroatoms. The Bertz CT molecular complexity index is 772. The number of carbonyl (C=O) groups excluding carboxylic acids is 2. The standard InChI is InChI=1S/C19H20FN3O3/c1-13(2)22-18(24)19(25)23-21-11-14-5-9-17(10-6-14)26-12-15-3-7-16(20)8-4-15/h3-11,13H,12H2,1-2H3,(H,22,24)(H,23,25)/b21-11-. The van der Waals surface area contributed by atoms with Crippen molar-refractivity contribution in [2.45, 2.75) is 26.5 Å². The van der Waals surface area contributed by atoms with Crippen LogP contribution in [-0.4, -0.2) is 24.1 Å². The zero-order valence-corrected chi connectivity index (χ0v) is 14.5. The van der Waals surface area contributed by atoms with Crippen LogP contribution in [0.15, 0.2) is 53.6 Å². The van der Waals surface area contributed by atoms with Gasteiger partial charge in [0.1, 0.15) is 18.2 Å². The van der Waals surface area contributed by atoms with Crippen LogP contribution in [0.4, 0.5) is 4.39 Å². The molecule has 0 heterocycles. The fraction of sp³-hybridized carbons (Fsp3) is 0.211. The number of hydrazone groups is 1. The van der Waals surface area contributed by atoms with E-state index in [2.05, 4.69) is 15.8 Å². The summed E-state index contributed by atoms with van der Waals surface area (Å²) in [5, 5.41) is 6.21. The number of nitrogens with one attached hydrogen (secondary N) is 2. The molecule has 0 spiro atoms. The third kappa shape index (κ3) is 6.35. The number of nitrogens with zero attached hydrogens (tertiary/aromatic N) is 1. The van der Waals surface area contributed by atoms with Crippen LogP contribution in [0.3, 0.4) is 0 Å². The van der Waals surface area contributed by atoms with Crippen molar-refractivity contribution in [3.05, 3.63) is 65.5 Å². The fourth-order valence-corrected chi connectivity index (χ4v) is 1.94. The molecular formula is C19H20FN3O3. The van der Waals surface area contributed by atoms with E-state index < -0.39 is 11.8 Å². The minimum Gasteiger partial charge on any atom is -0.489 e. The van der Waals surface area contributed by atoms with Crippen LogP contribution in [0.2, 0.25) is 0 Å². The molecule has 0 fully saturated rings. The highest BCUT2D eigenvalue weighted by Crippen LogP contribution is 2.13. The van der Waals surface area contributed by atoms with Crippen LogP contribution < -0.4 is 15.5 Å². The van der Waals surface area contributed by atoms with Gasteiger partial charge in [0.15, 0.2) is 0 Å². The highest BCUT2D eigenvalue weighted by molar-refractivity contribution is 6.35. The highest BCUT2D eigenvalue weighted by Gasteiger charge is 2.12. The van der Waals surface area contributed by atoms with E-state index in [0.717, 1.165) is 11.1 Å². The number of ether oxygens (including phenoxy) is 1. The summed E-state index contributed by atoms with van der Waals surface area (Å²) in [6.45, 7) is 3.84. The van der Waals surface area contributed by atoms with Gasteiger partial charge in [-0.25, -0.2) is 9.82 Å². The van der Waals surface area contributed by atoms with Gasteiger partial charge in [0.25, 0.3) is 0 Å². The Morgan fingerprint density at radius 1 is 1.08 bits per heavy atom. The summed E-state index contributed by atoms with van der Waals surface area (Å²) in [6, 6.07) is 13.0. The van der Waals surface area contributed by atoms with Gasteiger partial charge in [0.05, 0.1) is 6.21 Å². The lowest BCUT2D eigenvalue weighted by Gasteiger charge is -2.07. The van der Waals surface area contributed by atoms with Gasteiger partial charge in [-0.05, 0) is 61.4 Å². The molecule has 0 unspecified atom stereocenters. The van der Waals surface area contributed by atoms with Gasteiger partial charge >= 0.3 is 11.8 Å². The predicted molar refractivity (Wildman–Crippen MR) is 96.2 cm³/mol. The number of halogens is 1. The molecule has 0 aliphatic rings. The van der Waals surface area contributed by atoms with E-state index in [0.29, 0.717) is 12.4 Å². The smallest absolute Gasteiger partial charge is 0.329 e. The maximum atomic E-state index is 12.8. The van der Waals surface area contributed by atoms with Crippen molar-refractivity contribution in [3.8, 4) is 5.75 Å². The lowest BCUT2D eigenvalue weighted by molar-refractivity contribution is -0.139. The van der Waals surface area contributed by atoms with Crippen molar-refractivity contribution in [2.24, 2.45) is 5.10 Å². The van der Waals surface area contributed by atoms with E-state index in [-0.39, 0.29) is 11.9 Å². The molecule has 2 aromatic carbocycles. The second kappa shape index (κ2) is 9.31. The lowest BCUT2D eigenvalue weighted by Crippen LogP contribution is -2.41. The Hall–Kier alpha value is -3.22. The average Bonchev–Trinajstić information content (AvgIpc) is 2.61. The van der Waals surface area contributed by atoms with Gasteiger partial charge in [-0.15, -0.1) is 0 Å². The van der Waals surface area contributed by atoms with Gasteiger partial charge in [0, 0.05) is 6.04 Å². The zero-order valence-electron chi connectivity index (χ0n) is 14.5. The second-order valence-electron chi connectivity index (χ2n) is 5.81. The molecule has 2 aromatic rings. The Balaban J connectivity index is 1.82. The molecule has 0 atom stereocenters. The normalized spacial score (nSPS) is 10.8. The minimum atomic E-state index is -0.825. The summed E-state index contributed by atoms with van der Waals surface area (Å²) in [6.07, 6.45) is 1.42. The maximum absolute atomic E-state index is 12.8. The molecule has 0 aliphatic heterocycles. The Kier molecular flexibility index (Phi) is 6.84. The number of amides is 2.